The SMILES string of the molecule is CCCC1(CNS(=O)(=O)c2cc(CN)cs2)CC1. The van der Waals surface area contributed by atoms with Crippen molar-refractivity contribution in [2.75, 3.05) is 6.54 Å². The summed E-state index contributed by atoms with van der Waals surface area (Å²) in [5.74, 6) is 0. The molecule has 1 aromatic rings. The van der Waals surface area contributed by atoms with E-state index in [1.165, 1.54) is 11.3 Å². The van der Waals surface area contributed by atoms with Gasteiger partial charge in [-0.25, -0.2) is 13.1 Å². The molecule has 0 bridgehead atoms. The van der Waals surface area contributed by atoms with Gasteiger partial charge in [-0.15, -0.1) is 11.3 Å². The van der Waals surface area contributed by atoms with Crippen molar-refractivity contribution < 1.29 is 8.42 Å². The summed E-state index contributed by atoms with van der Waals surface area (Å²) in [5, 5.41) is 1.80. The summed E-state index contributed by atoms with van der Waals surface area (Å²) < 4.78 is 27.3. The summed E-state index contributed by atoms with van der Waals surface area (Å²) >= 11 is 1.23. The van der Waals surface area contributed by atoms with Gasteiger partial charge in [0.1, 0.15) is 4.21 Å². The maximum absolute atomic E-state index is 12.1. The second-order valence-electron chi connectivity index (χ2n) is 5.05. The molecule has 0 aliphatic heterocycles. The smallest absolute Gasteiger partial charge is 0.250 e. The topological polar surface area (TPSA) is 72.2 Å². The third kappa shape index (κ3) is 3.12. The fraction of sp³-hybridized carbons (Fsp3) is 0.667. The van der Waals surface area contributed by atoms with Gasteiger partial charge in [-0.05, 0) is 41.7 Å². The number of hydrogen-bond donors (Lipinski definition) is 2. The molecule has 1 aliphatic carbocycles. The van der Waals surface area contributed by atoms with E-state index in [4.69, 9.17) is 5.73 Å². The van der Waals surface area contributed by atoms with Crippen LogP contribution in [-0.4, -0.2) is 15.0 Å². The maximum Gasteiger partial charge on any atom is 0.250 e. The van der Waals surface area contributed by atoms with Gasteiger partial charge in [0.15, 0.2) is 0 Å². The largest absolute Gasteiger partial charge is 0.326 e. The average Bonchev–Trinajstić information content (AvgIpc) is 2.93. The highest BCUT2D eigenvalue weighted by Gasteiger charge is 2.42. The van der Waals surface area contributed by atoms with E-state index in [1.54, 1.807) is 11.4 Å². The minimum absolute atomic E-state index is 0.232. The van der Waals surface area contributed by atoms with Crippen molar-refractivity contribution in [3.8, 4) is 0 Å². The Balaban J connectivity index is 1.99. The normalized spacial score (nSPS) is 17.9. The monoisotopic (exact) mass is 288 g/mol. The van der Waals surface area contributed by atoms with E-state index in [-0.39, 0.29) is 5.41 Å². The molecule has 6 heteroatoms. The highest BCUT2D eigenvalue weighted by molar-refractivity contribution is 7.91. The quantitative estimate of drug-likeness (QED) is 0.806. The lowest BCUT2D eigenvalue weighted by Crippen LogP contribution is -2.29. The fourth-order valence-corrected chi connectivity index (χ4v) is 4.57. The van der Waals surface area contributed by atoms with E-state index >= 15 is 0 Å². The van der Waals surface area contributed by atoms with Gasteiger partial charge >= 0.3 is 0 Å². The van der Waals surface area contributed by atoms with Crippen LogP contribution in [0.3, 0.4) is 0 Å². The van der Waals surface area contributed by atoms with Crippen LogP contribution in [0, 0.1) is 5.41 Å². The summed E-state index contributed by atoms with van der Waals surface area (Å²) in [6, 6.07) is 1.66. The molecule has 0 saturated heterocycles. The number of nitrogens with two attached hydrogens (primary N) is 1. The van der Waals surface area contributed by atoms with Crippen LogP contribution in [-0.2, 0) is 16.6 Å². The van der Waals surface area contributed by atoms with Crippen molar-refractivity contribution in [2.24, 2.45) is 11.1 Å². The summed E-state index contributed by atoms with van der Waals surface area (Å²) in [6.07, 6.45) is 4.50. The predicted molar refractivity (Wildman–Crippen MR) is 74.0 cm³/mol. The molecule has 0 aromatic carbocycles. The molecule has 0 atom stereocenters. The van der Waals surface area contributed by atoms with Gasteiger partial charge < -0.3 is 5.73 Å². The Kier molecular flexibility index (Phi) is 4.11. The second kappa shape index (κ2) is 5.28. The second-order valence-corrected chi connectivity index (χ2v) is 7.96. The molecule has 1 aliphatic rings. The van der Waals surface area contributed by atoms with Crippen molar-refractivity contribution in [1.29, 1.82) is 0 Å². The van der Waals surface area contributed by atoms with Gasteiger partial charge in [-0.3, -0.25) is 0 Å². The molecule has 0 radical (unpaired) electrons. The molecule has 2 rings (SSSR count). The molecule has 0 amide bonds. The van der Waals surface area contributed by atoms with Crippen LogP contribution in [0.25, 0.3) is 0 Å². The van der Waals surface area contributed by atoms with Crippen molar-refractivity contribution in [1.82, 2.24) is 4.72 Å². The van der Waals surface area contributed by atoms with Crippen LogP contribution in [0.4, 0.5) is 0 Å². The number of rotatable bonds is 7. The van der Waals surface area contributed by atoms with E-state index in [1.807, 2.05) is 0 Å². The molecule has 0 spiro atoms. The molecule has 4 nitrogen and oxygen atoms in total. The first-order chi connectivity index (χ1) is 8.51. The van der Waals surface area contributed by atoms with Crippen molar-refractivity contribution in [2.45, 2.75) is 43.4 Å². The molecular formula is C12H20N2O2S2. The first-order valence-corrected chi connectivity index (χ1v) is 8.65. The van der Waals surface area contributed by atoms with Gasteiger partial charge in [0.25, 0.3) is 0 Å². The lowest BCUT2D eigenvalue weighted by atomic mass is 10.0. The number of sulfonamides is 1. The van der Waals surface area contributed by atoms with Crippen molar-refractivity contribution in [3.63, 3.8) is 0 Å². The Labute approximate surface area is 113 Å². The van der Waals surface area contributed by atoms with Crippen LogP contribution < -0.4 is 10.5 Å². The molecule has 102 valence electrons. The number of thiophene rings is 1. The minimum atomic E-state index is -3.35. The molecule has 1 heterocycles. The molecular weight excluding hydrogens is 268 g/mol. The summed E-state index contributed by atoms with van der Waals surface area (Å²) in [7, 11) is -3.35. The Morgan fingerprint density at radius 1 is 1.50 bits per heavy atom. The third-order valence-corrected chi connectivity index (χ3v) is 6.39. The summed E-state index contributed by atoms with van der Waals surface area (Å²) in [6.45, 7) is 3.09. The van der Waals surface area contributed by atoms with Crippen molar-refractivity contribution in [3.05, 3.63) is 17.0 Å². The fourth-order valence-electron chi connectivity index (χ4n) is 2.14. The third-order valence-electron chi connectivity index (χ3n) is 3.50. The Hall–Kier alpha value is -0.430. The van der Waals surface area contributed by atoms with Crippen LogP contribution >= 0.6 is 11.3 Å². The van der Waals surface area contributed by atoms with Gasteiger partial charge in [0.05, 0.1) is 0 Å². The molecule has 1 fully saturated rings. The van der Waals surface area contributed by atoms with Gasteiger partial charge in [0, 0.05) is 13.1 Å². The van der Waals surface area contributed by atoms with Gasteiger partial charge in [-0.2, -0.15) is 0 Å². The molecule has 1 aromatic heterocycles. The number of nitrogens with one attached hydrogen (secondary N) is 1. The van der Waals surface area contributed by atoms with Crippen LogP contribution in [0.1, 0.15) is 38.2 Å². The zero-order valence-corrected chi connectivity index (χ0v) is 12.2. The first-order valence-electron chi connectivity index (χ1n) is 6.28. The van der Waals surface area contributed by atoms with Gasteiger partial charge in [-0.1, -0.05) is 13.3 Å². The highest BCUT2D eigenvalue weighted by Crippen LogP contribution is 2.49. The number of hydrogen-bond acceptors (Lipinski definition) is 4. The van der Waals surface area contributed by atoms with Crippen LogP contribution in [0.15, 0.2) is 15.7 Å². The maximum atomic E-state index is 12.1. The van der Waals surface area contributed by atoms with Crippen LogP contribution in [0.5, 0.6) is 0 Å². The summed E-state index contributed by atoms with van der Waals surface area (Å²) in [4.78, 5) is 0. The highest BCUT2D eigenvalue weighted by atomic mass is 32.2. The average molecular weight is 288 g/mol. The minimum Gasteiger partial charge on any atom is -0.326 e. The van der Waals surface area contributed by atoms with E-state index in [0.717, 1.165) is 31.2 Å². The van der Waals surface area contributed by atoms with Crippen molar-refractivity contribution >= 4 is 21.4 Å². The molecule has 3 N–H and O–H groups in total. The molecule has 1 saturated carbocycles. The lowest BCUT2D eigenvalue weighted by molar-refractivity contribution is 0.449. The standard InChI is InChI=1S/C12H20N2O2S2/c1-2-3-12(4-5-12)9-14-18(15,16)11-6-10(7-13)8-17-11/h6,8,14H,2-5,7,9,13H2,1H3. The first kappa shape index (κ1) is 14.0. The zero-order valence-electron chi connectivity index (χ0n) is 10.6. The van der Waals surface area contributed by atoms with E-state index in [2.05, 4.69) is 11.6 Å². The van der Waals surface area contributed by atoms with Crippen LogP contribution in [0.2, 0.25) is 0 Å². The Morgan fingerprint density at radius 2 is 2.22 bits per heavy atom. The lowest BCUT2D eigenvalue weighted by Gasteiger charge is -2.14. The predicted octanol–water partition coefficient (Wildman–Crippen LogP) is 2.07. The Bertz CT molecular complexity index is 504. The van der Waals surface area contributed by atoms with E-state index in [9.17, 15) is 8.42 Å². The molecule has 18 heavy (non-hydrogen) atoms. The zero-order chi connectivity index (χ0) is 13.2. The van der Waals surface area contributed by atoms with Gasteiger partial charge in [0.2, 0.25) is 10.0 Å². The summed E-state index contributed by atoms with van der Waals surface area (Å²) in [5.41, 5.74) is 6.59. The van der Waals surface area contributed by atoms with E-state index < -0.39 is 10.0 Å². The Morgan fingerprint density at radius 3 is 2.72 bits per heavy atom. The van der Waals surface area contributed by atoms with E-state index in [0.29, 0.717) is 17.3 Å². The molecule has 0 unspecified atom stereocenters.